The molecule has 1 aliphatic rings. The highest BCUT2D eigenvalue weighted by molar-refractivity contribution is 7.11. The molecule has 2 rings (SSSR count). The van der Waals surface area contributed by atoms with E-state index in [1.54, 1.807) is 0 Å². The number of hydrogen-bond donors (Lipinski definition) is 1. The Morgan fingerprint density at radius 3 is 3.00 bits per heavy atom. The van der Waals surface area contributed by atoms with Gasteiger partial charge in [0.05, 0.1) is 5.69 Å². The predicted molar refractivity (Wildman–Crippen MR) is 60.4 cm³/mol. The lowest BCUT2D eigenvalue weighted by atomic mass is 9.83. The van der Waals surface area contributed by atoms with Crippen LogP contribution in [0.4, 0.5) is 0 Å². The summed E-state index contributed by atoms with van der Waals surface area (Å²) in [6.07, 6.45) is 3.69. The maximum absolute atomic E-state index is 5.60. The van der Waals surface area contributed by atoms with Crippen LogP contribution in [-0.2, 0) is 19.4 Å². The zero-order valence-corrected chi connectivity index (χ0v) is 9.73. The van der Waals surface area contributed by atoms with Crippen LogP contribution in [0.25, 0.3) is 0 Å². The summed E-state index contributed by atoms with van der Waals surface area (Å²) in [4.78, 5) is 6.05. The number of aromatic nitrogens is 1. The Kier molecular flexibility index (Phi) is 2.88. The molecule has 1 unspecified atom stereocenters. The second-order valence-corrected chi connectivity index (χ2v) is 5.60. The van der Waals surface area contributed by atoms with Gasteiger partial charge < -0.3 is 5.73 Å². The number of hydrogen-bond acceptors (Lipinski definition) is 3. The first-order valence-electron chi connectivity index (χ1n) is 5.38. The van der Waals surface area contributed by atoms with E-state index in [1.807, 2.05) is 11.3 Å². The largest absolute Gasteiger partial charge is 0.325 e. The van der Waals surface area contributed by atoms with Crippen molar-refractivity contribution in [2.24, 2.45) is 17.6 Å². The summed E-state index contributed by atoms with van der Waals surface area (Å²) in [5.74, 6) is 1.65. The fourth-order valence-electron chi connectivity index (χ4n) is 2.11. The third-order valence-corrected chi connectivity index (χ3v) is 4.28. The maximum Gasteiger partial charge on any atom is 0.107 e. The fourth-order valence-corrected chi connectivity index (χ4v) is 3.20. The molecule has 0 spiro atoms. The van der Waals surface area contributed by atoms with E-state index in [2.05, 4.69) is 18.8 Å². The summed E-state index contributed by atoms with van der Waals surface area (Å²) in [5.41, 5.74) is 6.93. The summed E-state index contributed by atoms with van der Waals surface area (Å²) >= 11 is 1.82. The van der Waals surface area contributed by atoms with E-state index in [1.165, 1.54) is 23.4 Å². The smallest absolute Gasteiger partial charge is 0.107 e. The van der Waals surface area contributed by atoms with Crippen molar-refractivity contribution in [2.75, 3.05) is 0 Å². The number of aryl methyl sites for hydroxylation is 1. The van der Waals surface area contributed by atoms with E-state index in [-0.39, 0.29) is 0 Å². The molecule has 1 heterocycles. The molecule has 2 nitrogen and oxygen atoms in total. The lowest BCUT2D eigenvalue weighted by molar-refractivity contribution is 0.344. The highest BCUT2D eigenvalue weighted by Gasteiger charge is 2.23. The van der Waals surface area contributed by atoms with Gasteiger partial charge in [-0.05, 0) is 31.1 Å². The standard InChI is InChI=1S/C11H18N2S/c1-7(2)8-3-4-9-10(5-8)14-11(6-12)13-9/h7-8H,3-6,12H2,1-2H3. The summed E-state index contributed by atoms with van der Waals surface area (Å²) in [6, 6.07) is 0. The SMILES string of the molecule is CC(C)C1CCc2nc(CN)sc2C1. The van der Waals surface area contributed by atoms with Gasteiger partial charge in [0, 0.05) is 11.4 Å². The maximum atomic E-state index is 5.60. The molecule has 0 saturated heterocycles. The molecule has 2 N–H and O–H groups in total. The molecule has 0 radical (unpaired) electrons. The quantitative estimate of drug-likeness (QED) is 0.814. The van der Waals surface area contributed by atoms with E-state index >= 15 is 0 Å². The number of rotatable bonds is 2. The third-order valence-electron chi connectivity index (χ3n) is 3.14. The first kappa shape index (κ1) is 10.1. The van der Waals surface area contributed by atoms with Crippen LogP contribution in [0.5, 0.6) is 0 Å². The van der Waals surface area contributed by atoms with E-state index in [9.17, 15) is 0 Å². The summed E-state index contributed by atoms with van der Waals surface area (Å²) < 4.78 is 0. The lowest BCUT2D eigenvalue weighted by Gasteiger charge is -2.24. The van der Waals surface area contributed by atoms with E-state index in [0.29, 0.717) is 6.54 Å². The van der Waals surface area contributed by atoms with Gasteiger partial charge >= 0.3 is 0 Å². The second-order valence-electron chi connectivity index (χ2n) is 4.43. The number of nitrogens with zero attached hydrogens (tertiary/aromatic N) is 1. The van der Waals surface area contributed by atoms with E-state index in [4.69, 9.17) is 5.73 Å². The minimum absolute atomic E-state index is 0.601. The molecule has 1 aromatic heterocycles. The van der Waals surface area contributed by atoms with Crippen LogP contribution >= 0.6 is 11.3 Å². The van der Waals surface area contributed by atoms with Gasteiger partial charge in [-0.3, -0.25) is 0 Å². The Morgan fingerprint density at radius 1 is 1.57 bits per heavy atom. The molecule has 1 aromatic rings. The zero-order valence-electron chi connectivity index (χ0n) is 8.92. The number of thiazole rings is 1. The van der Waals surface area contributed by atoms with Gasteiger partial charge in [0.25, 0.3) is 0 Å². The molecular formula is C11H18N2S. The van der Waals surface area contributed by atoms with Crippen molar-refractivity contribution in [3.8, 4) is 0 Å². The second kappa shape index (κ2) is 3.99. The van der Waals surface area contributed by atoms with Crippen molar-refractivity contribution in [1.29, 1.82) is 0 Å². The average molecular weight is 210 g/mol. The Bertz CT molecular complexity index is 317. The summed E-state index contributed by atoms with van der Waals surface area (Å²) in [6.45, 7) is 5.24. The molecular weight excluding hydrogens is 192 g/mol. The fraction of sp³-hybridized carbons (Fsp3) is 0.727. The summed E-state index contributed by atoms with van der Waals surface area (Å²) in [7, 11) is 0. The average Bonchev–Trinajstić information content (AvgIpc) is 2.58. The molecule has 1 atom stereocenters. The molecule has 0 amide bonds. The van der Waals surface area contributed by atoms with Crippen molar-refractivity contribution in [3.05, 3.63) is 15.6 Å². The van der Waals surface area contributed by atoms with Crippen LogP contribution in [0.3, 0.4) is 0 Å². The minimum atomic E-state index is 0.601. The zero-order chi connectivity index (χ0) is 10.1. The number of fused-ring (bicyclic) bond motifs is 1. The Morgan fingerprint density at radius 2 is 2.36 bits per heavy atom. The molecule has 1 aliphatic carbocycles. The van der Waals surface area contributed by atoms with Crippen molar-refractivity contribution in [2.45, 2.75) is 39.7 Å². The van der Waals surface area contributed by atoms with Crippen LogP contribution in [-0.4, -0.2) is 4.98 Å². The molecule has 0 bridgehead atoms. The van der Waals surface area contributed by atoms with Gasteiger partial charge in [-0.15, -0.1) is 11.3 Å². The van der Waals surface area contributed by atoms with Crippen molar-refractivity contribution < 1.29 is 0 Å². The first-order valence-corrected chi connectivity index (χ1v) is 6.20. The highest BCUT2D eigenvalue weighted by Crippen LogP contribution is 2.33. The normalized spacial score (nSPS) is 21.3. The molecule has 14 heavy (non-hydrogen) atoms. The lowest BCUT2D eigenvalue weighted by Crippen LogP contribution is -2.17. The van der Waals surface area contributed by atoms with Crippen molar-refractivity contribution >= 4 is 11.3 Å². The van der Waals surface area contributed by atoms with Gasteiger partial charge in [-0.1, -0.05) is 13.8 Å². The molecule has 0 aliphatic heterocycles. The molecule has 0 fully saturated rings. The number of nitrogens with two attached hydrogens (primary N) is 1. The first-order chi connectivity index (χ1) is 6.70. The van der Waals surface area contributed by atoms with Gasteiger partial charge in [0.2, 0.25) is 0 Å². The van der Waals surface area contributed by atoms with Crippen LogP contribution in [0, 0.1) is 11.8 Å². The monoisotopic (exact) mass is 210 g/mol. The van der Waals surface area contributed by atoms with Crippen LogP contribution < -0.4 is 5.73 Å². The van der Waals surface area contributed by atoms with Gasteiger partial charge in [0.15, 0.2) is 0 Å². The van der Waals surface area contributed by atoms with Crippen LogP contribution in [0.15, 0.2) is 0 Å². The highest BCUT2D eigenvalue weighted by atomic mass is 32.1. The van der Waals surface area contributed by atoms with E-state index in [0.717, 1.165) is 23.3 Å². The predicted octanol–water partition coefficient (Wildman–Crippen LogP) is 2.36. The van der Waals surface area contributed by atoms with E-state index < -0.39 is 0 Å². The van der Waals surface area contributed by atoms with Crippen LogP contribution in [0.1, 0.15) is 35.8 Å². The molecule has 0 saturated carbocycles. The Hall–Kier alpha value is -0.410. The minimum Gasteiger partial charge on any atom is -0.325 e. The Labute approximate surface area is 89.5 Å². The van der Waals surface area contributed by atoms with Gasteiger partial charge in [-0.25, -0.2) is 4.98 Å². The molecule has 0 aromatic carbocycles. The third kappa shape index (κ3) is 1.84. The van der Waals surface area contributed by atoms with Crippen molar-refractivity contribution in [3.63, 3.8) is 0 Å². The Balaban J connectivity index is 2.17. The van der Waals surface area contributed by atoms with Crippen LogP contribution in [0.2, 0.25) is 0 Å². The van der Waals surface area contributed by atoms with Gasteiger partial charge in [0.1, 0.15) is 5.01 Å². The molecule has 3 heteroatoms. The molecule has 78 valence electrons. The van der Waals surface area contributed by atoms with Gasteiger partial charge in [-0.2, -0.15) is 0 Å². The summed E-state index contributed by atoms with van der Waals surface area (Å²) in [5, 5.41) is 1.11. The topological polar surface area (TPSA) is 38.9 Å². The van der Waals surface area contributed by atoms with Crippen molar-refractivity contribution in [1.82, 2.24) is 4.98 Å².